The molecule has 4 heteroatoms. The molecule has 0 fully saturated rings. The lowest BCUT2D eigenvalue weighted by atomic mass is 10.2. The first-order valence-electron chi connectivity index (χ1n) is 4.73. The average Bonchev–Trinajstić information content (AvgIpc) is 2.09. The summed E-state index contributed by atoms with van der Waals surface area (Å²) in [5.74, 6) is 1.70. The average molecular weight is 222 g/mol. The van der Waals surface area contributed by atoms with Gasteiger partial charge in [-0.25, -0.2) is 0 Å². The van der Waals surface area contributed by atoms with Crippen molar-refractivity contribution in [2.75, 3.05) is 11.5 Å². The molecule has 0 unspecified atom stereocenters. The summed E-state index contributed by atoms with van der Waals surface area (Å²) in [5.41, 5.74) is 0. The third-order valence-corrected chi connectivity index (χ3v) is 4.13. The Morgan fingerprint density at radius 1 is 1.15 bits per heavy atom. The van der Waals surface area contributed by atoms with Crippen molar-refractivity contribution < 1.29 is 9.90 Å². The predicted molar refractivity (Wildman–Crippen MR) is 61.3 cm³/mol. The largest absolute Gasteiger partial charge is 0.481 e. The summed E-state index contributed by atoms with van der Waals surface area (Å²) in [7, 11) is 3.82. The van der Waals surface area contributed by atoms with Gasteiger partial charge in [0.1, 0.15) is 0 Å². The van der Waals surface area contributed by atoms with Gasteiger partial charge < -0.3 is 5.11 Å². The van der Waals surface area contributed by atoms with Crippen molar-refractivity contribution in [2.45, 2.75) is 39.0 Å². The van der Waals surface area contributed by atoms with Gasteiger partial charge in [-0.15, -0.1) is 0 Å². The van der Waals surface area contributed by atoms with E-state index in [4.69, 9.17) is 5.11 Å². The number of carboxylic acids is 1. The molecule has 0 heterocycles. The van der Waals surface area contributed by atoms with Crippen LogP contribution < -0.4 is 0 Å². The van der Waals surface area contributed by atoms with Crippen LogP contribution in [-0.2, 0) is 4.79 Å². The van der Waals surface area contributed by atoms with Crippen molar-refractivity contribution in [1.82, 2.24) is 0 Å². The van der Waals surface area contributed by atoms with E-state index in [-0.39, 0.29) is 0 Å². The third-order valence-electron chi connectivity index (χ3n) is 1.57. The lowest BCUT2D eigenvalue weighted by Gasteiger charge is -1.99. The Balaban J connectivity index is 2.87. The first-order valence-corrected chi connectivity index (χ1v) is 7.22. The van der Waals surface area contributed by atoms with Crippen LogP contribution in [0.25, 0.3) is 0 Å². The van der Waals surface area contributed by atoms with Crippen LogP contribution in [0.2, 0.25) is 0 Å². The molecule has 0 saturated heterocycles. The molecule has 0 aliphatic rings. The predicted octanol–water partition coefficient (Wildman–Crippen LogP) is 3.42. The number of carbonyl (C=O) groups is 1. The third kappa shape index (κ3) is 12.2. The van der Waals surface area contributed by atoms with Gasteiger partial charge in [-0.3, -0.25) is 4.79 Å². The molecule has 0 amide bonds. The fourth-order valence-electron chi connectivity index (χ4n) is 0.933. The lowest BCUT2D eigenvalue weighted by molar-refractivity contribution is -0.137. The molecule has 0 atom stereocenters. The number of hydrogen-bond donors (Lipinski definition) is 1. The number of unbranched alkanes of at least 4 members (excludes halogenated alkanes) is 3. The zero-order valence-electron chi connectivity index (χ0n) is 8.12. The minimum atomic E-state index is -0.670. The first-order chi connectivity index (χ1) is 6.27. The monoisotopic (exact) mass is 222 g/mol. The van der Waals surface area contributed by atoms with E-state index in [1.807, 2.05) is 21.6 Å². The van der Waals surface area contributed by atoms with E-state index in [0.29, 0.717) is 6.42 Å². The Kier molecular flexibility index (Phi) is 10.4. The molecule has 13 heavy (non-hydrogen) atoms. The van der Waals surface area contributed by atoms with Gasteiger partial charge in [0.2, 0.25) is 0 Å². The van der Waals surface area contributed by atoms with E-state index in [1.165, 1.54) is 24.3 Å². The lowest BCUT2D eigenvalue weighted by Crippen LogP contribution is -1.93. The Morgan fingerprint density at radius 2 is 1.85 bits per heavy atom. The Labute approximate surface area is 88.3 Å². The van der Waals surface area contributed by atoms with Crippen LogP contribution in [0.3, 0.4) is 0 Å². The topological polar surface area (TPSA) is 37.3 Å². The second-order valence-electron chi connectivity index (χ2n) is 2.79. The first kappa shape index (κ1) is 13.2. The minimum Gasteiger partial charge on any atom is -0.481 e. The quantitative estimate of drug-likeness (QED) is 0.479. The standard InChI is InChI=1S/C9H18O2S2/c1-2-12-13-8-6-4-3-5-7-9(10)11/h2-8H2,1H3,(H,10,11). The maximum Gasteiger partial charge on any atom is 0.303 e. The highest BCUT2D eigenvalue weighted by Crippen LogP contribution is 2.22. The van der Waals surface area contributed by atoms with Crippen molar-refractivity contribution in [3.63, 3.8) is 0 Å². The molecule has 2 nitrogen and oxygen atoms in total. The van der Waals surface area contributed by atoms with Gasteiger partial charge >= 0.3 is 5.97 Å². The van der Waals surface area contributed by atoms with Crippen molar-refractivity contribution in [1.29, 1.82) is 0 Å². The molecule has 0 aromatic rings. The van der Waals surface area contributed by atoms with Gasteiger partial charge in [0.15, 0.2) is 0 Å². The van der Waals surface area contributed by atoms with Gasteiger partial charge in [-0.2, -0.15) is 0 Å². The molecule has 78 valence electrons. The number of aliphatic carboxylic acids is 1. The molecule has 0 radical (unpaired) electrons. The molecule has 0 aromatic carbocycles. The molecule has 0 bridgehead atoms. The normalized spacial score (nSPS) is 10.2. The zero-order valence-corrected chi connectivity index (χ0v) is 9.75. The second kappa shape index (κ2) is 10.3. The highest BCUT2D eigenvalue weighted by atomic mass is 33.1. The van der Waals surface area contributed by atoms with E-state index in [1.54, 1.807) is 0 Å². The maximum atomic E-state index is 10.2. The molecule has 0 aliphatic heterocycles. The van der Waals surface area contributed by atoms with Crippen LogP contribution in [0.1, 0.15) is 39.0 Å². The van der Waals surface area contributed by atoms with E-state index in [9.17, 15) is 4.79 Å². The second-order valence-corrected chi connectivity index (χ2v) is 5.66. The highest BCUT2D eigenvalue weighted by Gasteiger charge is 1.96. The summed E-state index contributed by atoms with van der Waals surface area (Å²) in [5, 5.41) is 8.38. The van der Waals surface area contributed by atoms with Gasteiger partial charge in [0, 0.05) is 17.9 Å². The number of hydrogen-bond acceptors (Lipinski definition) is 3. The minimum absolute atomic E-state index is 0.330. The van der Waals surface area contributed by atoms with Crippen molar-refractivity contribution in [3.05, 3.63) is 0 Å². The van der Waals surface area contributed by atoms with E-state index in [2.05, 4.69) is 6.92 Å². The van der Waals surface area contributed by atoms with E-state index in [0.717, 1.165) is 12.8 Å². The maximum absolute atomic E-state index is 10.2. The summed E-state index contributed by atoms with van der Waals surface area (Å²) in [4.78, 5) is 10.2. The van der Waals surface area contributed by atoms with Crippen molar-refractivity contribution in [2.24, 2.45) is 0 Å². The summed E-state index contributed by atoms with van der Waals surface area (Å²) >= 11 is 0. The molecule has 0 spiro atoms. The van der Waals surface area contributed by atoms with Gasteiger partial charge in [-0.1, -0.05) is 41.4 Å². The number of carboxylic acid groups (broad SMARTS) is 1. The fourth-order valence-corrected chi connectivity index (χ4v) is 2.75. The van der Waals surface area contributed by atoms with Gasteiger partial charge in [-0.05, 0) is 12.8 Å². The van der Waals surface area contributed by atoms with Crippen molar-refractivity contribution in [3.8, 4) is 0 Å². The van der Waals surface area contributed by atoms with Crippen LogP contribution in [0.5, 0.6) is 0 Å². The SMILES string of the molecule is CCSSCCCCCCC(=O)O. The zero-order chi connectivity index (χ0) is 9.94. The van der Waals surface area contributed by atoms with E-state index >= 15 is 0 Å². The smallest absolute Gasteiger partial charge is 0.303 e. The number of rotatable bonds is 9. The summed E-state index contributed by atoms with van der Waals surface area (Å²) in [6, 6.07) is 0. The van der Waals surface area contributed by atoms with Crippen LogP contribution >= 0.6 is 21.6 Å². The fraction of sp³-hybridized carbons (Fsp3) is 0.889. The highest BCUT2D eigenvalue weighted by molar-refractivity contribution is 8.76. The Bertz CT molecular complexity index is 129. The molecular formula is C9H18O2S2. The van der Waals surface area contributed by atoms with E-state index < -0.39 is 5.97 Å². The molecule has 0 aromatic heterocycles. The van der Waals surface area contributed by atoms with Crippen LogP contribution in [-0.4, -0.2) is 22.6 Å². The van der Waals surface area contributed by atoms with Gasteiger partial charge in [0.25, 0.3) is 0 Å². The molecular weight excluding hydrogens is 204 g/mol. The molecule has 0 rings (SSSR count). The van der Waals surface area contributed by atoms with Crippen LogP contribution in [0, 0.1) is 0 Å². The molecule has 0 aliphatic carbocycles. The Morgan fingerprint density at radius 3 is 2.46 bits per heavy atom. The van der Waals surface area contributed by atoms with Crippen molar-refractivity contribution >= 4 is 27.6 Å². The molecule has 1 N–H and O–H groups in total. The summed E-state index contributed by atoms with van der Waals surface area (Å²) < 4.78 is 0. The Hall–Kier alpha value is 0.170. The van der Waals surface area contributed by atoms with Crippen LogP contribution in [0.15, 0.2) is 0 Å². The van der Waals surface area contributed by atoms with Crippen LogP contribution in [0.4, 0.5) is 0 Å². The molecule has 0 saturated carbocycles. The van der Waals surface area contributed by atoms with Gasteiger partial charge in [0.05, 0.1) is 0 Å². The summed E-state index contributed by atoms with van der Waals surface area (Å²) in [6.07, 6.45) is 4.61. The summed E-state index contributed by atoms with van der Waals surface area (Å²) in [6.45, 7) is 2.16.